The van der Waals surface area contributed by atoms with Gasteiger partial charge in [-0.05, 0) is 80.5 Å². The fraction of sp³-hybridized carbons (Fsp3) is 0.296. The molecule has 1 aliphatic carbocycles. The van der Waals surface area contributed by atoms with Crippen molar-refractivity contribution in [3.05, 3.63) is 94.5 Å². The van der Waals surface area contributed by atoms with Crippen LogP contribution in [0.1, 0.15) is 46.7 Å². The fourth-order valence-corrected chi connectivity index (χ4v) is 5.88. The number of amides is 1. The summed E-state index contributed by atoms with van der Waals surface area (Å²) >= 11 is 0. The van der Waals surface area contributed by atoms with E-state index in [4.69, 9.17) is 0 Å². The molecule has 0 heterocycles. The average molecular weight is 463 g/mol. The summed E-state index contributed by atoms with van der Waals surface area (Å²) in [6.45, 7) is 5.41. The molecule has 6 heteroatoms. The Balaban J connectivity index is 1.66. The Morgan fingerprint density at radius 1 is 0.970 bits per heavy atom. The standard InChI is InChI=1S/C27H30N2O3S/c1-19-12-15-23(16-13-19)33(31,32)29(26-17-20(2)11-14-21(26)3)18-27(30)28-25-10-6-8-22-7-4-5-9-24(22)25/h4-5,7,9,11-17,25H,6,8,10,18H2,1-3H3,(H,28,30)/t25-/m0/s1. The molecule has 0 bridgehead atoms. The zero-order valence-corrected chi connectivity index (χ0v) is 20.2. The third-order valence-corrected chi connectivity index (χ3v) is 8.01. The van der Waals surface area contributed by atoms with Crippen LogP contribution in [0.15, 0.2) is 71.6 Å². The van der Waals surface area contributed by atoms with Gasteiger partial charge in [-0.15, -0.1) is 0 Å². The number of nitrogens with one attached hydrogen (secondary N) is 1. The molecule has 3 aromatic carbocycles. The lowest BCUT2D eigenvalue weighted by Gasteiger charge is -2.29. The number of hydrogen-bond acceptors (Lipinski definition) is 3. The first-order valence-electron chi connectivity index (χ1n) is 11.3. The highest BCUT2D eigenvalue weighted by Gasteiger charge is 2.30. The van der Waals surface area contributed by atoms with Gasteiger partial charge in [-0.2, -0.15) is 0 Å². The van der Waals surface area contributed by atoms with Gasteiger partial charge in [0.15, 0.2) is 0 Å². The van der Waals surface area contributed by atoms with Gasteiger partial charge in [-0.3, -0.25) is 9.10 Å². The minimum Gasteiger partial charge on any atom is -0.348 e. The number of rotatable bonds is 6. The maximum atomic E-state index is 13.7. The van der Waals surface area contributed by atoms with Crippen LogP contribution in [0.4, 0.5) is 5.69 Å². The molecule has 1 atom stereocenters. The zero-order valence-electron chi connectivity index (χ0n) is 19.3. The quantitative estimate of drug-likeness (QED) is 0.561. The van der Waals surface area contributed by atoms with Gasteiger partial charge in [0.1, 0.15) is 6.54 Å². The number of carbonyl (C=O) groups is 1. The van der Waals surface area contributed by atoms with E-state index in [0.29, 0.717) is 5.69 Å². The highest BCUT2D eigenvalue weighted by Crippen LogP contribution is 2.31. The number of fused-ring (bicyclic) bond motifs is 1. The van der Waals surface area contributed by atoms with Crippen molar-refractivity contribution < 1.29 is 13.2 Å². The molecule has 4 rings (SSSR count). The van der Waals surface area contributed by atoms with Crippen molar-refractivity contribution in [3.8, 4) is 0 Å². The third kappa shape index (κ3) is 4.96. The van der Waals surface area contributed by atoms with E-state index in [-0.39, 0.29) is 23.4 Å². The van der Waals surface area contributed by atoms with E-state index in [1.807, 2.05) is 57.2 Å². The van der Waals surface area contributed by atoms with E-state index >= 15 is 0 Å². The lowest BCUT2D eigenvalue weighted by molar-refractivity contribution is -0.120. The minimum atomic E-state index is -3.93. The van der Waals surface area contributed by atoms with Gasteiger partial charge >= 0.3 is 0 Å². The van der Waals surface area contributed by atoms with Crippen LogP contribution in [-0.4, -0.2) is 20.9 Å². The highest BCUT2D eigenvalue weighted by atomic mass is 32.2. The summed E-state index contributed by atoms with van der Waals surface area (Å²) in [6, 6.07) is 20.4. The summed E-state index contributed by atoms with van der Waals surface area (Å²) in [5, 5.41) is 3.10. The molecule has 0 aromatic heterocycles. The monoisotopic (exact) mass is 462 g/mol. The summed E-state index contributed by atoms with van der Waals surface area (Å²) in [6.07, 6.45) is 2.83. The molecule has 0 saturated carbocycles. The molecule has 0 saturated heterocycles. The number of aryl methyl sites for hydroxylation is 4. The molecule has 0 radical (unpaired) electrons. The summed E-state index contributed by atoms with van der Waals surface area (Å²) in [7, 11) is -3.93. The second-order valence-corrected chi connectivity index (χ2v) is 10.7. The molecule has 1 amide bonds. The van der Waals surface area contributed by atoms with Gasteiger partial charge in [0.2, 0.25) is 5.91 Å². The normalized spacial score (nSPS) is 15.5. The number of benzene rings is 3. The molecule has 0 spiro atoms. The molecule has 0 aliphatic heterocycles. The van der Waals surface area contributed by atoms with E-state index in [9.17, 15) is 13.2 Å². The molecule has 1 aliphatic rings. The Morgan fingerprint density at radius 3 is 2.42 bits per heavy atom. The van der Waals surface area contributed by atoms with Gasteiger partial charge in [0, 0.05) is 0 Å². The number of carbonyl (C=O) groups excluding carboxylic acids is 1. The van der Waals surface area contributed by atoms with Gasteiger partial charge in [0.25, 0.3) is 10.0 Å². The van der Waals surface area contributed by atoms with Crippen LogP contribution in [0.5, 0.6) is 0 Å². The first-order chi connectivity index (χ1) is 15.8. The predicted octanol–water partition coefficient (Wildman–Crippen LogP) is 5.00. The Bertz CT molecular complexity index is 1270. The Kier molecular flexibility index (Phi) is 6.56. The van der Waals surface area contributed by atoms with E-state index in [1.54, 1.807) is 24.3 Å². The summed E-state index contributed by atoms with van der Waals surface area (Å²) < 4.78 is 28.6. The first kappa shape index (κ1) is 23.1. The smallest absolute Gasteiger partial charge is 0.264 e. The van der Waals surface area contributed by atoms with Gasteiger partial charge in [-0.25, -0.2) is 8.42 Å². The zero-order chi connectivity index (χ0) is 23.6. The van der Waals surface area contributed by atoms with Crippen LogP contribution in [0.2, 0.25) is 0 Å². The van der Waals surface area contributed by atoms with Crippen LogP contribution < -0.4 is 9.62 Å². The first-order valence-corrected chi connectivity index (χ1v) is 12.7. The van der Waals surface area contributed by atoms with Crippen LogP contribution in [-0.2, 0) is 21.2 Å². The van der Waals surface area contributed by atoms with Crippen molar-refractivity contribution in [3.63, 3.8) is 0 Å². The van der Waals surface area contributed by atoms with E-state index in [0.717, 1.165) is 41.5 Å². The number of anilines is 1. The molecule has 0 unspecified atom stereocenters. The molecule has 1 N–H and O–H groups in total. The molecule has 172 valence electrons. The highest BCUT2D eigenvalue weighted by molar-refractivity contribution is 7.92. The summed E-state index contributed by atoms with van der Waals surface area (Å²) in [4.78, 5) is 13.4. The Labute approximate surface area is 196 Å². The van der Waals surface area contributed by atoms with Crippen LogP contribution in [0.25, 0.3) is 0 Å². The molecular weight excluding hydrogens is 432 g/mol. The lowest BCUT2D eigenvalue weighted by Crippen LogP contribution is -2.42. The maximum Gasteiger partial charge on any atom is 0.264 e. The molecule has 0 fully saturated rings. The maximum absolute atomic E-state index is 13.7. The van der Waals surface area contributed by atoms with Crippen molar-refractivity contribution in [1.29, 1.82) is 0 Å². The number of nitrogens with zero attached hydrogens (tertiary/aromatic N) is 1. The Hall–Kier alpha value is -3.12. The Morgan fingerprint density at radius 2 is 1.67 bits per heavy atom. The van der Waals surface area contributed by atoms with Gasteiger partial charge in [0.05, 0.1) is 16.6 Å². The second-order valence-electron chi connectivity index (χ2n) is 8.83. The molecular formula is C27H30N2O3S. The van der Waals surface area contributed by atoms with Crippen molar-refractivity contribution in [2.24, 2.45) is 0 Å². The van der Waals surface area contributed by atoms with E-state index in [2.05, 4.69) is 11.4 Å². The fourth-order valence-electron chi connectivity index (χ4n) is 4.40. The van der Waals surface area contributed by atoms with E-state index in [1.165, 1.54) is 9.87 Å². The lowest BCUT2D eigenvalue weighted by atomic mass is 9.88. The minimum absolute atomic E-state index is 0.106. The van der Waals surface area contributed by atoms with Gasteiger partial charge < -0.3 is 5.32 Å². The third-order valence-electron chi connectivity index (χ3n) is 6.23. The number of sulfonamides is 1. The summed E-state index contributed by atoms with van der Waals surface area (Å²) in [5.74, 6) is -0.312. The largest absolute Gasteiger partial charge is 0.348 e. The molecule has 3 aromatic rings. The SMILES string of the molecule is Cc1ccc(S(=O)(=O)N(CC(=O)N[C@H]2CCCc3ccccc32)c2cc(C)ccc2C)cc1. The van der Waals surface area contributed by atoms with Crippen molar-refractivity contribution in [1.82, 2.24) is 5.32 Å². The van der Waals surface area contributed by atoms with Crippen LogP contribution in [0, 0.1) is 20.8 Å². The van der Waals surface area contributed by atoms with Crippen LogP contribution in [0.3, 0.4) is 0 Å². The van der Waals surface area contributed by atoms with Crippen molar-refractivity contribution >= 4 is 21.6 Å². The van der Waals surface area contributed by atoms with Crippen LogP contribution >= 0.6 is 0 Å². The number of hydrogen-bond donors (Lipinski definition) is 1. The van der Waals surface area contributed by atoms with Crippen molar-refractivity contribution in [2.75, 3.05) is 10.8 Å². The average Bonchev–Trinajstić information content (AvgIpc) is 2.80. The molecule has 33 heavy (non-hydrogen) atoms. The molecule has 5 nitrogen and oxygen atoms in total. The predicted molar refractivity (Wildman–Crippen MR) is 132 cm³/mol. The van der Waals surface area contributed by atoms with E-state index < -0.39 is 10.0 Å². The second kappa shape index (κ2) is 9.40. The van der Waals surface area contributed by atoms with Gasteiger partial charge in [-0.1, -0.05) is 54.1 Å². The summed E-state index contributed by atoms with van der Waals surface area (Å²) in [5.41, 5.74) is 5.59. The van der Waals surface area contributed by atoms with Crippen molar-refractivity contribution in [2.45, 2.75) is 51.0 Å². The topological polar surface area (TPSA) is 66.5 Å².